The van der Waals surface area contributed by atoms with E-state index in [1.807, 2.05) is 17.6 Å². The summed E-state index contributed by atoms with van der Waals surface area (Å²) in [6.07, 6.45) is 4.76. The maximum Gasteiger partial charge on any atom is 0.218 e. The van der Waals surface area contributed by atoms with Gasteiger partial charge < -0.3 is 9.30 Å². The summed E-state index contributed by atoms with van der Waals surface area (Å²) in [6, 6.07) is 3.26. The van der Waals surface area contributed by atoms with Crippen molar-refractivity contribution in [3.05, 3.63) is 53.2 Å². The van der Waals surface area contributed by atoms with E-state index in [0.29, 0.717) is 22.5 Å². The molecule has 7 heteroatoms. The Labute approximate surface area is 149 Å². The van der Waals surface area contributed by atoms with E-state index < -0.39 is 12.5 Å². The molecule has 0 spiro atoms. The summed E-state index contributed by atoms with van der Waals surface area (Å²) in [5.74, 6) is -0.308. The van der Waals surface area contributed by atoms with Crippen LogP contribution in [0.15, 0.2) is 30.7 Å². The Balaban J connectivity index is 2.07. The molecule has 0 saturated carbocycles. The van der Waals surface area contributed by atoms with Crippen molar-refractivity contribution in [3.63, 3.8) is 0 Å². The highest BCUT2D eigenvalue weighted by Crippen LogP contribution is 2.25. The summed E-state index contributed by atoms with van der Waals surface area (Å²) in [5.41, 5.74) is 3.23. The van der Waals surface area contributed by atoms with Crippen LogP contribution in [0.3, 0.4) is 0 Å². The second-order valence-corrected chi connectivity index (χ2v) is 6.09. The zero-order valence-corrected chi connectivity index (χ0v) is 14.6. The molecule has 0 bridgehead atoms. The Hall–Kier alpha value is -2.83. The Morgan fingerprint density at radius 1 is 1.27 bits per heavy atom. The van der Waals surface area contributed by atoms with Gasteiger partial charge in [0.2, 0.25) is 5.88 Å². The Bertz CT molecular complexity index is 953. The number of Topliss-reactive ketones (excluding diaryl/α,β-unsaturated/α-hetero) is 1. The van der Waals surface area contributed by atoms with Crippen molar-refractivity contribution in [3.8, 4) is 5.88 Å². The summed E-state index contributed by atoms with van der Waals surface area (Å²) in [6.45, 7) is 1.63. The molecule has 0 fully saturated rings. The van der Waals surface area contributed by atoms with E-state index in [1.54, 1.807) is 12.4 Å². The Morgan fingerprint density at radius 3 is 2.81 bits per heavy atom. The van der Waals surface area contributed by atoms with Crippen LogP contribution in [0.4, 0.5) is 8.78 Å². The van der Waals surface area contributed by atoms with Gasteiger partial charge in [-0.05, 0) is 31.0 Å². The van der Waals surface area contributed by atoms with Crippen molar-refractivity contribution in [1.82, 2.24) is 14.5 Å². The molecule has 3 rings (SSSR count). The van der Waals surface area contributed by atoms with Gasteiger partial charge in [0.25, 0.3) is 0 Å². The fourth-order valence-corrected chi connectivity index (χ4v) is 2.91. The Morgan fingerprint density at radius 2 is 2.08 bits per heavy atom. The summed E-state index contributed by atoms with van der Waals surface area (Å²) >= 11 is 0. The minimum atomic E-state index is -0.539. The van der Waals surface area contributed by atoms with Gasteiger partial charge in [0.15, 0.2) is 5.78 Å². The van der Waals surface area contributed by atoms with E-state index in [0.717, 1.165) is 17.3 Å². The summed E-state index contributed by atoms with van der Waals surface area (Å²) in [7, 11) is 1.47. The fourth-order valence-electron chi connectivity index (χ4n) is 2.91. The highest BCUT2D eigenvalue weighted by molar-refractivity contribution is 6.06. The number of carbonyl (C=O) groups excluding carboxylic acids is 1. The first kappa shape index (κ1) is 18.0. The second kappa shape index (κ2) is 7.59. The number of pyridine rings is 2. The van der Waals surface area contributed by atoms with E-state index in [1.165, 1.54) is 13.2 Å². The van der Waals surface area contributed by atoms with Gasteiger partial charge in [-0.3, -0.25) is 14.2 Å². The highest BCUT2D eigenvalue weighted by atomic mass is 19.1. The molecule has 0 radical (unpaired) electrons. The number of hydrogen-bond donors (Lipinski definition) is 0. The third kappa shape index (κ3) is 3.56. The quantitative estimate of drug-likeness (QED) is 0.601. The average Bonchev–Trinajstić information content (AvgIpc) is 2.97. The van der Waals surface area contributed by atoms with Crippen LogP contribution < -0.4 is 4.74 Å². The van der Waals surface area contributed by atoms with Gasteiger partial charge in [0.05, 0.1) is 43.1 Å². The van der Waals surface area contributed by atoms with E-state index in [2.05, 4.69) is 9.97 Å². The van der Waals surface area contributed by atoms with Gasteiger partial charge in [-0.1, -0.05) is 0 Å². The minimum Gasteiger partial charge on any atom is -0.481 e. The van der Waals surface area contributed by atoms with Crippen molar-refractivity contribution in [2.75, 3.05) is 13.8 Å². The number of carbonyl (C=O) groups is 1. The van der Waals surface area contributed by atoms with Gasteiger partial charge in [-0.15, -0.1) is 0 Å². The molecule has 3 heterocycles. The molecule has 5 nitrogen and oxygen atoms in total. The molecule has 3 aromatic heterocycles. The second-order valence-electron chi connectivity index (χ2n) is 6.09. The summed E-state index contributed by atoms with van der Waals surface area (Å²) in [4.78, 5) is 20.7. The fraction of sp³-hybridized carbons (Fsp3) is 0.316. The molecule has 0 unspecified atom stereocenters. The maximum absolute atomic E-state index is 13.6. The smallest absolute Gasteiger partial charge is 0.218 e. The number of ether oxygens (including phenoxy) is 1. The average molecular weight is 359 g/mol. The molecular weight excluding hydrogens is 340 g/mol. The lowest BCUT2D eigenvalue weighted by molar-refractivity contribution is 0.0978. The first-order valence-electron chi connectivity index (χ1n) is 8.26. The van der Waals surface area contributed by atoms with Gasteiger partial charge in [-0.25, -0.2) is 9.37 Å². The molecule has 136 valence electrons. The number of halogens is 2. The van der Waals surface area contributed by atoms with Gasteiger partial charge in [0.1, 0.15) is 5.82 Å². The summed E-state index contributed by atoms with van der Waals surface area (Å²) in [5, 5.41) is 0. The molecule has 0 aliphatic rings. The van der Waals surface area contributed by atoms with Crippen molar-refractivity contribution in [1.29, 1.82) is 0 Å². The number of aryl methyl sites for hydroxylation is 1. The molecule has 0 aliphatic heterocycles. The first-order chi connectivity index (χ1) is 12.5. The molecule has 0 amide bonds. The maximum atomic E-state index is 13.6. The van der Waals surface area contributed by atoms with Crippen LogP contribution in [0.2, 0.25) is 0 Å². The number of methoxy groups -OCH3 is 1. The lowest BCUT2D eigenvalue weighted by Gasteiger charge is -2.09. The predicted molar refractivity (Wildman–Crippen MR) is 93.9 cm³/mol. The first-order valence-corrected chi connectivity index (χ1v) is 8.26. The van der Waals surface area contributed by atoms with E-state index in [4.69, 9.17) is 4.74 Å². The lowest BCUT2D eigenvalue weighted by Crippen LogP contribution is -2.03. The number of hydrogen-bond acceptors (Lipinski definition) is 4. The molecule has 0 saturated heterocycles. The monoisotopic (exact) mass is 359 g/mol. The van der Waals surface area contributed by atoms with Crippen LogP contribution in [-0.2, 0) is 6.54 Å². The minimum absolute atomic E-state index is 0.121. The van der Waals surface area contributed by atoms with Crippen molar-refractivity contribution < 1.29 is 18.3 Å². The SMILES string of the molecule is COc1ncc(F)cc1Cn1cc(C(=O)CCCF)c2ncc(C)cc21. The van der Waals surface area contributed by atoms with Gasteiger partial charge >= 0.3 is 0 Å². The molecule has 3 aromatic rings. The van der Waals surface area contributed by atoms with Crippen molar-refractivity contribution >= 4 is 16.8 Å². The van der Waals surface area contributed by atoms with Crippen LogP contribution >= 0.6 is 0 Å². The Kier molecular flexibility index (Phi) is 5.25. The van der Waals surface area contributed by atoms with E-state index in [-0.39, 0.29) is 25.2 Å². The molecule has 0 aliphatic carbocycles. The molecular formula is C19H19F2N3O2. The number of ketones is 1. The number of alkyl halides is 1. The van der Waals surface area contributed by atoms with Crippen LogP contribution in [0, 0.1) is 12.7 Å². The molecule has 0 atom stereocenters. The van der Waals surface area contributed by atoms with Crippen LogP contribution in [0.25, 0.3) is 11.0 Å². The predicted octanol–water partition coefficient (Wildman–Crippen LogP) is 3.87. The van der Waals surface area contributed by atoms with Crippen LogP contribution in [0.5, 0.6) is 5.88 Å². The zero-order valence-electron chi connectivity index (χ0n) is 14.6. The standard InChI is InChI=1S/C19H19F2N3O2/c1-12-6-16-18(22-8-12)15(17(25)4-3-5-20)11-24(16)10-13-7-14(21)9-23-19(13)26-2/h6-9,11H,3-5,10H2,1-2H3. The number of rotatable bonds is 7. The largest absolute Gasteiger partial charge is 0.481 e. The number of fused-ring (bicyclic) bond motifs is 1. The number of nitrogens with zero attached hydrogens (tertiary/aromatic N) is 3. The number of aromatic nitrogens is 3. The van der Waals surface area contributed by atoms with Crippen LogP contribution in [0.1, 0.15) is 34.3 Å². The third-order valence-corrected chi connectivity index (χ3v) is 4.12. The molecule has 0 N–H and O–H groups in total. The van der Waals surface area contributed by atoms with Crippen molar-refractivity contribution in [2.24, 2.45) is 0 Å². The van der Waals surface area contributed by atoms with Crippen molar-refractivity contribution in [2.45, 2.75) is 26.3 Å². The van der Waals surface area contributed by atoms with E-state index in [9.17, 15) is 13.6 Å². The summed E-state index contributed by atoms with van der Waals surface area (Å²) < 4.78 is 33.0. The molecule has 0 aromatic carbocycles. The van der Waals surface area contributed by atoms with Crippen LogP contribution in [-0.4, -0.2) is 34.1 Å². The lowest BCUT2D eigenvalue weighted by atomic mass is 10.1. The zero-order chi connectivity index (χ0) is 18.7. The third-order valence-electron chi connectivity index (χ3n) is 4.12. The molecule has 26 heavy (non-hydrogen) atoms. The highest BCUT2D eigenvalue weighted by Gasteiger charge is 2.18. The topological polar surface area (TPSA) is 57.0 Å². The van der Waals surface area contributed by atoms with E-state index >= 15 is 0 Å². The normalized spacial score (nSPS) is 11.1. The van der Waals surface area contributed by atoms with Gasteiger partial charge in [0, 0.05) is 24.4 Å². The van der Waals surface area contributed by atoms with Gasteiger partial charge in [-0.2, -0.15) is 0 Å².